The first-order valence-corrected chi connectivity index (χ1v) is 6.63. The van der Waals surface area contributed by atoms with Gasteiger partial charge in [0, 0.05) is 5.56 Å². The molecule has 3 nitrogen and oxygen atoms in total. The number of ketones is 1. The predicted molar refractivity (Wildman–Crippen MR) is 81.1 cm³/mol. The number of hydrogen-bond donors (Lipinski definition) is 2. The highest BCUT2D eigenvalue weighted by atomic mass is 19.1. The smallest absolute Gasteiger partial charge is 0.196 e. The summed E-state index contributed by atoms with van der Waals surface area (Å²) < 4.78 is 12.9. The van der Waals surface area contributed by atoms with E-state index in [1.807, 2.05) is 20.8 Å². The standard InChI is InChI=1S/C17H18FNO2/c1-17(2,3)11-8-13(16(21)14(19)9-11)15(20)10-4-6-12(18)7-5-10/h4-9,21H,19H2,1-3H3. The first-order valence-electron chi connectivity index (χ1n) is 6.63. The molecule has 0 spiro atoms. The quantitative estimate of drug-likeness (QED) is 0.503. The Bertz CT molecular complexity index is 685. The number of anilines is 1. The van der Waals surface area contributed by atoms with Crippen molar-refractivity contribution in [3.63, 3.8) is 0 Å². The van der Waals surface area contributed by atoms with Crippen LogP contribution in [-0.4, -0.2) is 10.9 Å². The van der Waals surface area contributed by atoms with Gasteiger partial charge in [0.1, 0.15) is 11.6 Å². The molecule has 4 heteroatoms. The van der Waals surface area contributed by atoms with Gasteiger partial charge in [-0.05, 0) is 47.4 Å². The van der Waals surface area contributed by atoms with E-state index < -0.39 is 5.82 Å². The number of carbonyl (C=O) groups is 1. The minimum Gasteiger partial charge on any atom is -0.505 e. The monoisotopic (exact) mass is 287 g/mol. The second-order valence-corrected chi connectivity index (χ2v) is 6.05. The largest absolute Gasteiger partial charge is 0.505 e. The van der Waals surface area contributed by atoms with Gasteiger partial charge in [-0.15, -0.1) is 0 Å². The van der Waals surface area contributed by atoms with Crippen molar-refractivity contribution in [2.45, 2.75) is 26.2 Å². The zero-order valence-corrected chi connectivity index (χ0v) is 12.3. The summed E-state index contributed by atoms with van der Waals surface area (Å²) in [5.41, 5.74) is 7.03. The number of benzene rings is 2. The van der Waals surface area contributed by atoms with Crippen molar-refractivity contribution in [1.29, 1.82) is 0 Å². The zero-order valence-electron chi connectivity index (χ0n) is 12.3. The van der Waals surface area contributed by atoms with Crippen LogP contribution in [0.5, 0.6) is 5.75 Å². The molecule has 0 unspecified atom stereocenters. The molecular weight excluding hydrogens is 269 g/mol. The van der Waals surface area contributed by atoms with Gasteiger partial charge in [-0.2, -0.15) is 0 Å². The van der Waals surface area contributed by atoms with E-state index in [-0.39, 0.29) is 28.2 Å². The van der Waals surface area contributed by atoms with Crippen LogP contribution >= 0.6 is 0 Å². The number of halogens is 1. The lowest BCUT2D eigenvalue weighted by molar-refractivity contribution is 0.103. The molecule has 0 heterocycles. The third kappa shape index (κ3) is 3.05. The van der Waals surface area contributed by atoms with Gasteiger partial charge in [-0.3, -0.25) is 4.79 Å². The lowest BCUT2D eigenvalue weighted by Gasteiger charge is -2.21. The van der Waals surface area contributed by atoms with Crippen LogP contribution in [0.3, 0.4) is 0 Å². The van der Waals surface area contributed by atoms with Gasteiger partial charge in [0.25, 0.3) is 0 Å². The predicted octanol–water partition coefficient (Wildman–Crippen LogP) is 3.64. The van der Waals surface area contributed by atoms with Crippen LogP contribution in [0.25, 0.3) is 0 Å². The summed E-state index contributed by atoms with van der Waals surface area (Å²) in [5.74, 6) is -1.04. The highest BCUT2D eigenvalue weighted by Gasteiger charge is 2.21. The normalized spacial score (nSPS) is 11.4. The molecule has 0 fully saturated rings. The van der Waals surface area contributed by atoms with Gasteiger partial charge in [0.2, 0.25) is 0 Å². The van der Waals surface area contributed by atoms with Crippen LogP contribution in [-0.2, 0) is 5.41 Å². The van der Waals surface area contributed by atoms with Gasteiger partial charge in [-0.25, -0.2) is 4.39 Å². The number of rotatable bonds is 2. The second-order valence-electron chi connectivity index (χ2n) is 6.05. The lowest BCUT2D eigenvalue weighted by Crippen LogP contribution is -2.14. The second kappa shape index (κ2) is 5.20. The summed E-state index contributed by atoms with van der Waals surface area (Å²) in [4.78, 5) is 12.5. The maximum absolute atomic E-state index is 12.9. The molecule has 0 amide bonds. The molecule has 0 atom stereocenters. The van der Waals surface area contributed by atoms with Crippen molar-refractivity contribution >= 4 is 11.5 Å². The van der Waals surface area contributed by atoms with Crippen LogP contribution in [0.15, 0.2) is 36.4 Å². The van der Waals surface area contributed by atoms with E-state index in [4.69, 9.17) is 5.73 Å². The molecule has 0 aliphatic carbocycles. The maximum atomic E-state index is 12.9. The molecule has 2 aromatic carbocycles. The molecule has 21 heavy (non-hydrogen) atoms. The van der Waals surface area contributed by atoms with Crippen molar-refractivity contribution in [1.82, 2.24) is 0 Å². The van der Waals surface area contributed by atoms with E-state index in [1.165, 1.54) is 24.3 Å². The Morgan fingerprint density at radius 3 is 2.24 bits per heavy atom. The molecule has 0 saturated heterocycles. The van der Waals surface area contributed by atoms with E-state index in [1.54, 1.807) is 12.1 Å². The summed E-state index contributed by atoms with van der Waals surface area (Å²) >= 11 is 0. The summed E-state index contributed by atoms with van der Waals surface area (Å²) in [6, 6.07) is 8.49. The Hall–Kier alpha value is -2.36. The molecule has 0 radical (unpaired) electrons. The number of nitrogens with two attached hydrogens (primary N) is 1. The van der Waals surface area contributed by atoms with E-state index in [9.17, 15) is 14.3 Å². The molecule has 0 aromatic heterocycles. The maximum Gasteiger partial charge on any atom is 0.196 e. The molecule has 0 saturated carbocycles. The molecule has 0 bridgehead atoms. The van der Waals surface area contributed by atoms with Gasteiger partial charge in [-0.1, -0.05) is 20.8 Å². The van der Waals surface area contributed by atoms with E-state index in [0.717, 1.165) is 5.56 Å². The van der Waals surface area contributed by atoms with Crippen LogP contribution in [0.1, 0.15) is 42.3 Å². The minimum absolute atomic E-state index is 0.131. The van der Waals surface area contributed by atoms with Crippen LogP contribution in [0.4, 0.5) is 10.1 Å². The van der Waals surface area contributed by atoms with Crippen LogP contribution < -0.4 is 5.73 Å². The number of hydrogen-bond acceptors (Lipinski definition) is 3. The van der Waals surface area contributed by atoms with E-state index in [2.05, 4.69) is 0 Å². The lowest BCUT2D eigenvalue weighted by atomic mass is 9.84. The summed E-state index contributed by atoms with van der Waals surface area (Å²) in [5, 5.41) is 10.1. The Balaban J connectivity index is 2.55. The number of aromatic hydroxyl groups is 1. The first kappa shape index (κ1) is 15.0. The average molecular weight is 287 g/mol. The van der Waals surface area contributed by atoms with Gasteiger partial charge < -0.3 is 10.8 Å². The topological polar surface area (TPSA) is 63.3 Å². The van der Waals surface area contributed by atoms with Crippen molar-refractivity contribution in [3.05, 3.63) is 58.9 Å². The first-order chi connectivity index (χ1) is 9.70. The van der Waals surface area contributed by atoms with E-state index in [0.29, 0.717) is 5.56 Å². The van der Waals surface area contributed by atoms with Crippen molar-refractivity contribution in [3.8, 4) is 5.75 Å². The molecule has 0 aliphatic heterocycles. The summed E-state index contributed by atoms with van der Waals surface area (Å²) in [6.45, 7) is 5.97. The molecular formula is C17H18FNO2. The number of carbonyl (C=O) groups excluding carboxylic acids is 1. The third-order valence-corrected chi connectivity index (χ3v) is 3.36. The average Bonchev–Trinajstić information content (AvgIpc) is 2.40. The molecule has 110 valence electrons. The summed E-state index contributed by atoms with van der Waals surface area (Å²) in [7, 11) is 0. The van der Waals surface area contributed by atoms with E-state index >= 15 is 0 Å². The Labute approximate surface area is 123 Å². The fraction of sp³-hybridized carbons (Fsp3) is 0.235. The van der Waals surface area contributed by atoms with Crippen molar-refractivity contribution in [2.24, 2.45) is 0 Å². The van der Waals surface area contributed by atoms with Crippen molar-refractivity contribution < 1.29 is 14.3 Å². The molecule has 0 aliphatic rings. The van der Waals surface area contributed by atoms with Gasteiger partial charge in [0.05, 0.1) is 11.3 Å². The SMILES string of the molecule is CC(C)(C)c1cc(N)c(O)c(C(=O)c2ccc(F)cc2)c1. The molecule has 2 rings (SSSR count). The van der Waals surface area contributed by atoms with Gasteiger partial charge in [0.15, 0.2) is 5.78 Å². The fourth-order valence-corrected chi connectivity index (χ4v) is 2.02. The number of nitrogen functional groups attached to an aromatic ring is 1. The summed E-state index contributed by atoms with van der Waals surface area (Å²) in [6.07, 6.45) is 0. The number of phenolic OH excluding ortho intramolecular Hbond substituents is 1. The zero-order chi connectivity index (χ0) is 15.8. The van der Waals surface area contributed by atoms with Gasteiger partial charge >= 0.3 is 0 Å². The van der Waals surface area contributed by atoms with Crippen LogP contribution in [0.2, 0.25) is 0 Å². The molecule has 2 aromatic rings. The Morgan fingerprint density at radius 1 is 1.14 bits per heavy atom. The Morgan fingerprint density at radius 2 is 1.71 bits per heavy atom. The molecule has 3 N–H and O–H groups in total. The van der Waals surface area contributed by atoms with Crippen molar-refractivity contribution in [2.75, 3.05) is 5.73 Å². The minimum atomic E-state index is -0.418. The van der Waals surface area contributed by atoms with Crippen LogP contribution in [0, 0.1) is 5.82 Å². The third-order valence-electron chi connectivity index (χ3n) is 3.36. The Kier molecular flexibility index (Phi) is 3.73. The highest BCUT2D eigenvalue weighted by molar-refractivity contribution is 6.11. The number of phenols is 1. The fourth-order valence-electron chi connectivity index (χ4n) is 2.02. The highest BCUT2D eigenvalue weighted by Crippen LogP contribution is 2.33.